The lowest BCUT2D eigenvalue weighted by Crippen LogP contribution is -2.12. The molecule has 1 unspecified atom stereocenters. The fraction of sp³-hybridized carbons (Fsp3) is 0.182. The van der Waals surface area contributed by atoms with E-state index < -0.39 is 17.7 Å². The highest BCUT2D eigenvalue weighted by atomic mass is 32.1. The maximum absolute atomic E-state index is 13.0. The summed E-state index contributed by atoms with van der Waals surface area (Å²) in [6, 6.07) is 2.68. The molecule has 2 N–H and O–H groups in total. The van der Waals surface area contributed by atoms with Crippen molar-refractivity contribution in [2.45, 2.75) is 13.0 Å². The third kappa shape index (κ3) is 2.25. The maximum Gasteiger partial charge on any atom is 0.126 e. The molecule has 0 saturated heterocycles. The Morgan fingerprint density at radius 1 is 1.25 bits per heavy atom. The van der Waals surface area contributed by atoms with Gasteiger partial charge in [0.1, 0.15) is 11.6 Å². The minimum atomic E-state index is -0.627. The quantitative estimate of drug-likeness (QED) is 0.876. The molecular weight excluding hydrogens is 230 g/mol. The molecule has 84 valence electrons. The van der Waals surface area contributed by atoms with E-state index in [1.54, 1.807) is 5.38 Å². The fourth-order valence-corrected chi connectivity index (χ4v) is 2.10. The first-order chi connectivity index (χ1) is 7.56. The van der Waals surface area contributed by atoms with Crippen LogP contribution in [-0.4, -0.2) is 4.98 Å². The largest absolute Gasteiger partial charge is 0.319 e. The average molecular weight is 240 g/mol. The van der Waals surface area contributed by atoms with Gasteiger partial charge in [0.2, 0.25) is 0 Å². The minimum Gasteiger partial charge on any atom is -0.319 e. The van der Waals surface area contributed by atoms with Gasteiger partial charge in [-0.1, -0.05) is 0 Å². The van der Waals surface area contributed by atoms with Crippen LogP contribution in [0.2, 0.25) is 0 Å². The van der Waals surface area contributed by atoms with E-state index in [0.717, 1.165) is 11.1 Å². The number of aromatic nitrogens is 1. The van der Waals surface area contributed by atoms with Gasteiger partial charge in [0.25, 0.3) is 0 Å². The molecule has 0 radical (unpaired) electrons. The van der Waals surface area contributed by atoms with E-state index in [-0.39, 0.29) is 0 Å². The predicted octanol–water partition coefficient (Wildman–Crippen LogP) is 2.78. The molecule has 1 aromatic carbocycles. The molecule has 1 atom stereocenters. The average Bonchev–Trinajstić information content (AvgIpc) is 2.62. The summed E-state index contributed by atoms with van der Waals surface area (Å²) in [4.78, 5) is 4.19. The zero-order chi connectivity index (χ0) is 11.7. The number of nitrogens with two attached hydrogens (primary N) is 1. The highest BCUT2D eigenvalue weighted by Gasteiger charge is 2.13. The van der Waals surface area contributed by atoms with Crippen LogP contribution < -0.4 is 5.73 Å². The summed E-state index contributed by atoms with van der Waals surface area (Å²) in [5, 5.41) is 2.67. The minimum absolute atomic E-state index is 0.391. The van der Waals surface area contributed by atoms with E-state index in [2.05, 4.69) is 4.98 Å². The van der Waals surface area contributed by atoms with Crippen molar-refractivity contribution >= 4 is 11.3 Å². The van der Waals surface area contributed by atoms with Crippen LogP contribution in [0.4, 0.5) is 8.78 Å². The van der Waals surface area contributed by atoms with Crippen LogP contribution in [0.3, 0.4) is 0 Å². The Hall–Kier alpha value is -1.33. The molecule has 2 aromatic rings. The molecule has 0 amide bonds. The van der Waals surface area contributed by atoms with Crippen LogP contribution in [0.1, 0.15) is 22.3 Å². The molecule has 0 aliphatic carbocycles. The van der Waals surface area contributed by atoms with Gasteiger partial charge in [-0.05, 0) is 24.6 Å². The molecule has 0 aliphatic heterocycles. The van der Waals surface area contributed by atoms with Gasteiger partial charge in [-0.25, -0.2) is 13.8 Å². The second-order valence-electron chi connectivity index (χ2n) is 3.47. The van der Waals surface area contributed by atoms with E-state index in [0.29, 0.717) is 11.3 Å². The molecule has 0 aliphatic rings. The maximum atomic E-state index is 13.0. The van der Waals surface area contributed by atoms with Crippen molar-refractivity contribution in [3.05, 3.63) is 51.5 Å². The van der Waals surface area contributed by atoms with Crippen molar-refractivity contribution < 1.29 is 8.78 Å². The molecule has 2 rings (SSSR count). The van der Waals surface area contributed by atoms with Crippen molar-refractivity contribution in [3.63, 3.8) is 0 Å². The van der Waals surface area contributed by atoms with E-state index in [1.165, 1.54) is 23.5 Å². The van der Waals surface area contributed by atoms with Gasteiger partial charge >= 0.3 is 0 Å². The van der Waals surface area contributed by atoms with Crippen LogP contribution in [0.25, 0.3) is 0 Å². The van der Waals surface area contributed by atoms with Gasteiger partial charge in [0.05, 0.1) is 16.7 Å². The van der Waals surface area contributed by atoms with Gasteiger partial charge in [0, 0.05) is 11.4 Å². The van der Waals surface area contributed by atoms with Crippen molar-refractivity contribution in [2.24, 2.45) is 5.73 Å². The molecule has 16 heavy (non-hydrogen) atoms. The second kappa shape index (κ2) is 4.27. The standard InChI is InChI=1S/C11H10F2N2S/c1-6-15-10(5-16-6)11(14)7-2-8(12)4-9(13)3-7/h2-5,11H,14H2,1H3. The van der Waals surface area contributed by atoms with E-state index >= 15 is 0 Å². The lowest BCUT2D eigenvalue weighted by Gasteiger charge is -2.09. The Kier molecular flexibility index (Phi) is 2.98. The molecule has 1 aromatic heterocycles. The topological polar surface area (TPSA) is 38.9 Å². The Labute approximate surface area is 95.7 Å². The number of benzene rings is 1. The number of rotatable bonds is 2. The summed E-state index contributed by atoms with van der Waals surface area (Å²) in [5.74, 6) is -1.25. The lowest BCUT2D eigenvalue weighted by molar-refractivity contribution is 0.577. The van der Waals surface area contributed by atoms with Crippen molar-refractivity contribution in [3.8, 4) is 0 Å². The van der Waals surface area contributed by atoms with Crippen molar-refractivity contribution in [1.82, 2.24) is 4.98 Å². The van der Waals surface area contributed by atoms with Crippen LogP contribution in [0, 0.1) is 18.6 Å². The first-order valence-electron chi connectivity index (χ1n) is 4.70. The third-order valence-electron chi connectivity index (χ3n) is 2.20. The van der Waals surface area contributed by atoms with E-state index in [9.17, 15) is 8.78 Å². The van der Waals surface area contributed by atoms with Crippen LogP contribution in [0.5, 0.6) is 0 Å². The summed E-state index contributed by atoms with van der Waals surface area (Å²) >= 11 is 1.46. The number of halogens is 2. The van der Waals surface area contributed by atoms with Gasteiger partial charge in [-0.2, -0.15) is 0 Å². The van der Waals surface area contributed by atoms with Gasteiger partial charge < -0.3 is 5.73 Å². The van der Waals surface area contributed by atoms with E-state index in [1.807, 2.05) is 6.92 Å². The molecular formula is C11H10F2N2S. The fourth-order valence-electron chi connectivity index (χ4n) is 1.45. The number of thiazole rings is 1. The second-order valence-corrected chi connectivity index (χ2v) is 4.53. The summed E-state index contributed by atoms with van der Waals surface area (Å²) in [6.45, 7) is 1.85. The summed E-state index contributed by atoms with van der Waals surface area (Å²) < 4.78 is 26.0. The summed E-state index contributed by atoms with van der Waals surface area (Å²) in [5.41, 5.74) is 6.90. The first kappa shape index (κ1) is 11.2. The van der Waals surface area contributed by atoms with Crippen LogP contribution in [0.15, 0.2) is 23.6 Å². The van der Waals surface area contributed by atoms with Gasteiger partial charge in [0.15, 0.2) is 0 Å². The Balaban J connectivity index is 2.37. The summed E-state index contributed by atoms with van der Waals surface area (Å²) in [7, 11) is 0. The zero-order valence-electron chi connectivity index (χ0n) is 8.58. The van der Waals surface area contributed by atoms with Crippen molar-refractivity contribution in [1.29, 1.82) is 0 Å². The third-order valence-corrected chi connectivity index (χ3v) is 2.99. The van der Waals surface area contributed by atoms with Crippen molar-refractivity contribution in [2.75, 3.05) is 0 Å². The molecule has 0 spiro atoms. The number of nitrogens with zero attached hydrogens (tertiary/aromatic N) is 1. The highest BCUT2D eigenvalue weighted by molar-refractivity contribution is 7.09. The molecule has 0 fully saturated rings. The summed E-state index contributed by atoms with van der Waals surface area (Å²) in [6.07, 6.45) is 0. The Morgan fingerprint density at radius 2 is 1.88 bits per heavy atom. The van der Waals surface area contributed by atoms with E-state index in [4.69, 9.17) is 5.73 Å². The zero-order valence-corrected chi connectivity index (χ0v) is 9.39. The smallest absolute Gasteiger partial charge is 0.126 e. The number of aryl methyl sites for hydroxylation is 1. The molecule has 1 heterocycles. The lowest BCUT2D eigenvalue weighted by atomic mass is 10.1. The van der Waals surface area contributed by atoms with Gasteiger partial charge in [-0.15, -0.1) is 11.3 Å². The normalized spacial score (nSPS) is 12.8. The van der Waals surface area contributed by atoms with Crippen LogP contribution >= 0.6 is 11.3 Å². The number of hydrogen-bond acceptors (Lipinski definition) is 3. The number of hydrogen-bond donors (Lipinski definition) is 1. The molecule has 0 saturated carbocycles. The Morgan fingerprint density at radius 3 is 2.38 bits per heavy atom. The van der Waals surface area contributed by atoms with Crippen LogP contribution in [-0.2, 0) is 0 Å². The monoisotopic (exact) mass is 240 g/mol. The predicted molar refractivity (Wildman–Crippen MR) is 59.2 cm³/mol. The first-order valence-corrected chi connectivity index (χ1v) is 5.58. The van der Waals surface area contributed by atoms with Gasteiger partial charge in [-0.3, -0.25) is 0 Å². The molecule has 0 bridgehead atoms. The SMILES string of the molecule is Cc1nc(C(N)c2cc(F)cc(F)c2)cs1. The molecule has 5 heteroatoms. The molecule has 2 nitrogen and oxygen atoms in total. The Bertz CT molecular complexity index is 490. The highest BCUT2D eigenvalue weighted by Crippen LogP contribution is 2.22.